The number of nitrogens with one attached hydrogen (secondary N) is 2. The van der Waals surface area contributed by atoms with Crippen LogP contribution in [0.4, 0.5) is 0 Å². The Morgan fingerprint density at radius 2 is 2.03 bits per heavy atom. The van der Waals surface area contributed by atoms with Crippen LogP contribution >= 0.6 is 0 Å². The maximum absolute atomic E-state index is 13.4. The van der Waals surface area contributed by atoms with Crippen LogP contribution in [0.25, 0.3) is 22.4 Å². The van der Waals surface area contributed by atoms with Gasteiger partial charge in [-0.3, -0.25) is 14.3 Å². The molecule has 2 aromatic heterocycles. The fourth-order valence-electron chi connectivity index (χ4n) is 4.53. The average molecular weight is 561 g/mol. The summed E-state index contributed by atoms with van der Waals surface area (Å²) in [6, 6.07) is 4.14. The monoisotopic (exact) mass is 560 g/mol. The Morgan fingerprint density at radius 1 is 1.23 bits per heavy atom. The Morgan fingerprint density at radius 3 is 2.72 bits per heavy atom. The van der Waals surface area contributed by atoms with Crippen LogP contribution in [0, 0.1) is 0 Å². The number of sulfonamides is 1. The first-order valence-electron chi connectivity index (χ1n) is 13.3. The quantitative estimate of drug-likeness (QED) is 0.317. The third-order valence-electron chi connectivity index (χ3n) is 6.62. The van der Waals surface area contributed by atoms with Crippen LogP contribution in [0.1, 0.15) is 45.2 Å². The van der Waals surface area contributed by atoms with Crippen molar-refractivity contribution >= 4 is 27.0 Å². The normalized spacial score (nSPS) is 15.8. The highest BCUT2D eigenvalue weighted by Gasteiger charge is 2.26. The number of likely N-dealkylation sites (N-methyl/N-ethyl adjacent to an activating group) is 1. The van der Waals surface area contributed by atoms with Crippen molar-refractivity contribution in [2.24, 2.45) is 7.05 Å². The van der Waals surface area contributed by atoms with Crippen LogP contribution in [-0.2, 0) is 33.0 Å². The number of aromatic nitrogens is 4. The second kappa shape index (κ2) is 12.3. The standard InChI is InChI=1S/C26H36N6O6S/c1-5-8-19-22-23(32(4)30-19)25(33)29-24(28-22)18-16-17(10-11-21(18)37-14-6-2)39(35,36)31(3)13-15-38-26(34)20-9-7-12-27-20/h10-11,16,20,27H,5-9,12-15H2,1-4H3,(H,28,29,33). The van der Waals surface area contributed by atoms with E-state index in [0.717, 1.165) is 30.1 Å². The van der Waals surface area contributed by atoms with Crippen LogP contribution in [0.3, 0.4) is 0 Å². The number of aromatic amines is 1. The molecule has 1 fully saturated rings. The zero-order chi connectivity index (χ0) is 28.2. The van der Waals surface area contributed by atoms with Crippen LogP contribution < -0.4 is 15.6 Å². The molecule has 39 heavy (non-hydrogen) atoms. The zero-order valence-corrected chi connectivity index (χ0v) is 23.6. The van der Waals surface area contributed by atoms with Crippen molar-refractivity contribution in [1.29, 1.82) is 0 Å². The number of H-pyrrole nitrogens is 1. The molecule has 2 N–H and O–H groups in total. The summed E-state index contributed by atoms with van der Waals surface area (Å²) < 4.78 is 40.7. The average Bonchev–Trinajstić information content (AvgIpc) is 3.56. The van der Waals surface area contributed by atoms with E-state index in [2.05, 4.69) is 15.4 Å². The third-order valence-corrected chi connectivity index (χ3v) is 8.47. The summed E-state index contributed by atoms with van der Waals surface area (Å²) in [7, 11) is -0.834. The van der Waals surface area contributed by atoms with Gasteiger partial charge >= 0.3 is 5.97 Å². The summed E-state index contributed by atoms with van der Waals surface area (Å²) in [5.41, 5.74) is 1.50. The van der Waals surface area contributed by atoms with Gasteiger partial charge in [0, 0.05) is 20.6 Å². The number of aryl methyl sites for hydroxylation is 2. The molecule has 1 aliphatic heterocycles. The Labute approximate surface area is 227 Å². The Bertz CT molecular complexity index is 1490. The predicted molar refractivity (Wildman–Crippen MR) is 146 cm³/mol. The number of benzene rings is 1. The van der Waals surface area contributed by atoms with Crippen molar-refractivity contribution in [2.75, 3.05) is 33.4 Å². The summed E-state index contributed by atoms with van der Waals surface area (Å²) in [4.78, 5) is 32.7. The van der Waals surface area contributed by atoms with Crippen molar-refractivity contribution in [1.82, 2.24) is 29.4 Å². The summed E-state index contributed by atoms with van der Waals surface area (Å²) in [5.74, 6) is 0.225. The Kier molecular flexibility index (Phi) is 9.03. The van der Waals surface area contributed by atoms with Crippen molar-refractivity contribution in [2.45, 2.75) is 56.9 Å². The molecule has 212 valence electrons. The molecule has 0 spiro atoms. The van der Waals surface area contributed by atoms with E-state index in [9.17, 15) is 18.0 Å². The molecule has 4 rings (SSSR count). The maximum Gasteiger partial charge on any atom is 0.323 e. The second-order valence-electron chi connectivity index (χ2n) is 9.58. The first kappa shape index (κ1) is 28.7. The van der Waals surface area contributed by atoms with Crippen molar-refractivity contribution in [3.63, 3.8) is 0 Å². The maximum atomic E-state index is 13.4. The molecule has 1 aliphatic rings. The lowest BCUT2D eigenvalue weighted by molar-refractivity contribution is -0.145. The van der Waals surface area contributed by atoms with Gasteiger partial charge < -0.3 is 19.8 Å². The van der Waals surface area contributed by atoms with Gasteiger partial charge in [-0.2, -0.15) is 9.40 Å². The highest BCUT2D eigenvalue weighted by Crippen LogP contribution is 2.32. The first-order valence-corrected chi connectivity index (χ1v) is 14.7. The second-order valence-corrected chi connectivity index (χ2v) is 11.6. The van der Waals surface area contributed by atoms with Crippen molar-refractivity contribution in [3.05, 3.63) is 34.2 Å². The largest absolute Gasteiger partial charge is 0.493 e. The van der Waals surface area contributed by atoms with E-state index in [0.29, 0.717) is 47.5 Å². The van der Waals surface area contributed by atoms with E-state index in [4.69, 9.17) is 14.5 Å². The number of carbonyl (C=O) groups is 1. The van der Waals surface area contributed by atoms with E-state index >= 15 is 0 Å². The molecular weight excluding hydrogens is 524 g/mol. The van der Waals surface area contributed by atoms with Gasteiger partial charge in [-0.1, -0.05) is 20.3 Å². The lowest BCUT2D eigenvalue weighted by Crippen LogP contribution is -2.35. The molecule has 0 radical (unpaired) electrons. The predicted octanol–water partition coefficient (Wildman–Crippen LogP) is 1.98. The van der Waals surface area contributed by atoms with Gasteiger partial charge in [0.25, 0.3) is 5.56 Å². The van der Waals surface area contributed by atoms with Crippen LogP contribution in [0.5, 0.6) is 5.75 Å². The minimum atomic E-state index is -3.95. The molecule has 1 aromatic carbocycles. The molecule has 1 atom stereocenters. The van der Waals surface area contributed by atoms with Gasteiger partial charge in [0.15, 0.2) is 5.52 Å². The number of fused-ring (bicyclic) bond motifs is 1. The topological polar surface area (TPSA) is 149 Å². The number of rotatable bonds is 12. The minimum absolute atomic E-state index is 0.00431. The first-order chi connectivity index (χ1) is 18.7. The van der Waals surface area contributed by atoms with Crippen LogP contribution in [0.2, 0.25) is 0 Å². The van der Waals surface area contributed by atoms with E-state index in [1.165, 1.54) is 23.9 Å². The van der Waals surface area contributed by atoms with Gasteiger partial charge in [-0.05, 0) is 50.4 Å². The molecule has 12 nitrogen and oxygen atoms in total. The van der Waals surface area contributed by atoms with Gasteiger partial charge in [-0.25, -0.2) is 13.4 Å². The molecule has 3 aromatic rings. The van der Waals surface area contributed by atoms with Crippen LogP contribution in [0.15, 0.2) is 27.9 Å². The molecule has 13 heteroatoms. The summed E-state index contributed by atoms with van der Waals surface area (Å²) in [6.45, 7) is 5.07. The summed E-state index contributed by atoms with van der Waals surface area (Å²) in [5, 5.41) is 7.52. The zero-order valence-electron chi connectivity index (χ0n) is 22.8. The number of carbonyl (C=O) groups excluding carboxylic acids is 1. The minimum Gasteiger partial charge on any atom is -0.493 e. The number of hydrogen-bond donors (Lipinski definition) is 2. The van der Waals surface area contributed by atoms with Crippen LogP contribution in [-0.4, -0.2) is 77.8 Å². The van der Waals surface area contributed by atoms with Crippen molar-refractivity contribution in [3.8, 4) is 17.1 Å². The lowest BCUT2D eigenvalue weighted by Gasteiger charge is -2.19. The number of ether oxygens (including phenoxy) is 2. The summed E-state index contributed by atoms with van der Waals surface area (Å²) >= 11 is 0. The van der Waals surface area contributed by atoms with Crippen molar-refractivity contribution < 1.29 is 22.7 Å². The highest BCUT2D eigenvalue weighted by molar-refractivity contribution is 7.89. The number of esters is 1. The molecular formula is C26H36N6O6S. The molecule has 3 heterocycles. The van der Waals surface area contributed by atoms with Gasteiger partial charge in [0.1, 0.15) is 29.7 Å². The van der Waals surface area contributed by atoms with Gasteiger partial charge in [0.2, 0.25) is 10.0 Å². The SMILES string of the molecule is CCCOc1ccc(S(=O)(=O)N(C)CCOC(=O)C2CCCN2)cc1-c1nc2c(CCC)nn(C)c2c(=O)[nH]1. The Hall–Kier alpha value is -3.29. The lowest BCUT2D eigenvalue weighted by atomic mass is 10.1. The smallest absolute Gasteiger partial charge is 0.323 e. The highest BCUT2D eigenvalue weighted by atomic mass is 32.2. The van der Waals surface area contributed by atoms with Gasteiger partial charge in [-0.15, -0.1) is 0 Å². The van der Waals surface area contributed by atoms with E-state index in [-0.39, 0.29) is 41.4 Å². The molecule has 1 unspecified atom stereocenters. The fourth-order valence-corrected chi connectivity index (χ4v) is 5.71. The fraction of sp³-hybridized carbons (Fsp3) is 0.538. The molecule has 1 saturated heterocycles. The number of nitrogens with zero attached hydrogens (tertiary/aromatic N) is 4. The van der Waals surface area contributed by atoms with E-state index < -0.39 is 10.0 Å². The van der Waals surface area contributed by atoms with E-state index in [1.54, 1.807) is 13.1 Å². The molecule has 0 amide bonds. The molecule has 0 saturated carbocycles. The number of hydrogen-bond acceptors (Lipinski definition) is 9. The van der Waals surface area contributed by atoms with Gasteiger partial charge in [0.05, 0.1) is 22.8 Å². The Balaban J connectivity index is 1.65. The van der Waals surface area contributed by atoms with E-state index in [1.807, 2.05) is 13.8 Å². The molecule has 0 aliphatic carbocycles. The molecule has 0 bridgehead atoms. The third kappa shape index (κ3) is 6.15. The summed E-state index contributed by atoms with van der Waals surface area (Å²) in [6.07, 6.45) is 3.83.